The van der Waals surface area contributed by atoms with E-state index in [0.29, 0.717) is 29.9 Å². The summed E-state index contributed by atoms with van der Waals surface area (Å²) in [6, 6.07) is 15.9. The van der Waals surface area contributed by atoms with Gasteiger partial charge in [0.25, 0.3) is 5.91 Å². The molecule has 0 saturated carbocycles. The predicted molar refractivity (Wildman–Crippen MR) is 110 cm³/mol. The quantitative estimate of drug-likeness (QED) is 0.575. The summed E-state index contributed by atoms with van der Waals surface area (Å²) in [7, 11) is 0. The van der Waals surface area contributed by atoms with E-state index >= 15 is 0 Å². The van der Waals surface area contributed by atoms with Crippen LogP contribution in [0.5, 0.6) is 0 Å². The number of fused-ring (bicyclic) bond motifs is 2. The van der Waals surface area contributed by atoms with Gasteiger partial charge >= 0.3 is 5.78 Å². The maximum Gasteiger partial charge on any atom is 0.302 e. The van der Waals surface area contributed by atoms with Gasteiger partial charge < -0.3 is 23.8 Å². The fourth-order valence-electron chi connectivity index (χ4n) is 3.48. The van der Waals surface area contributed by atoms with E-state index in [1.165, 1.54) is 6.07 Å². The number of amides is 1. The number of para-hydroxylation sites is 1. The molecule has 1 aliphatic heterocycles. The first-order chi connectivity index (χ1) is 14.2. The molecule has 0 bridgehead atoms. The molecule has 3 heterocycles. The van der Waals surface area contributed by atoms with Crippen LogP contribution in [0.1, 0.15) is 10.6 Å². The van der Waals surface area contributed by atoms with Crippen LogP contribution in [0.3, 0.4) is 0 Å². The summed E-state index contributed by atoms with van der Waals surface area (Å²) >= 11 is 0. The third kappa shape index (κ3) is 3.25. The minimum absolute atomic E-state index is 0.0217. The van der Waals surface area contributed by atoms with E-state index in [9.17, 15) is 9.59 Å². The number of hydrogen-bond donors (Lipinski definition) is 1. The molecule has 2 aromatic carbocycles. The first-order valence-electron chi connectivity index (χ1n) is 9.38. The second kappa shape index (κ2) is 7.10. The zero-order valence-corrected chi connectivity index (χ0v) is 15.5. The highest BCUT2D eigenvalue weighted by Gasteiger charge is 2.18. The molecular formula is C22H18N2O5. The van der Waals surface area contributed by atoms with Crippen LogP contribution in [0.25, 0.3) is 22.1 Å². The van der Waals surface area contributed by atoms with Crippen molar-refractivity contribution in [2.24, 2.45) is 0 Å². The summed E-state index contributed by atoms with van der Waals surface area (Å²) in [6.07, 6.45) is 0. The van der Waals surface area contributed by atoms with Gasteiger partial charge in [-0.3, -0.25) is 9.59 Å². The van der Waals surface area contributed by atoms with Crippen molar-refractivity contribution in [3.05, 3.63) is 70.6 Å². The van der Waals surface area contributed by atoms with Crippen molar-refractivity contribution in [1.29, 1.82) is 0 Å². The Morgan fingerprint density at radius 3 is 2.48 bits per heavy atom. The minimum atomic E-state index is -0.445. The van der Waals surface area contributed by atoms with Gasteiger partial charge in [-0.05, 0) is 36.4 Å². The lowest BCUT2D eigenvalue weighted by Crippen LogP contribution is -2.36. The standard InChI is InChI=1S/C22H18N2O5/c25-20-16-3-1-2-4-18(16)28-22-17(20)13-19(29-22)21(26)23-14-5-7-15(8-6-14)24-9-11-27-12-10-24/h1-8,13H,9-12H2,(H,23,26). The van der Waals surface area contributed by atoms with Gasteiger partial charge in [-0.1, -0.05) is 12.1 Å². The number of carbonyl (C=O) groups excluding carboxylic acids is 1. The molecule has 1 fully saturated rings. The number of carbonyl (C=O) groups is 1. The summed E-state index contributed by atoms with van der Waals surface area (Å²) < 4.78 is 16.5. The number of nitrogens with zero attached hydrogens (tertiary/aromatic N) is 1. The molecule has 0 spiro atoms. The summed E-state index contributed by atoms with van der Waals surface area (Å²) in [6.45, 7) is 3.12. The van der Waals surface area contributed by atoms with Crippen molar-refractivity contribution in [1.82, 2.24) is 0 Å². The number of rotatable bonds is 3. The lowest BCUT2D eigenvalue weighted by atomic mass is 10.2. The second-order valence-corrected chi connectivity index (χ2v) is 6.84. The topological polar surface area (TPSA) is 84.9 Å². The van der Waals surface area contributed by atoms with Crippen LogP contribution in [0, 0.1) is 0 Å². The van der Waals surface area contributed by atoms with Crippen LogP contribution >= 0.6 is 0 Å². The van der Waals surface area contributed by atoms with Crippen LogP contribution in [0.15, 0.2) is 68.2 Å². The fourth-order valence-corrected chi connectivity index (χ4v) is 3.48. The van der Waals surface area contributed by atoms with Crippen molar-refractivity contribution in [3.8, 4) is 0 Å². The molecule has 5 rings (SSSR count). The zero-order valence-electron chi connectivity index (χ0n) is 15.5. The Morgan fingerprint density at radius 1 is 0.931 bits per heavy atom. The average Bonchev–Trinajstić information content (AvgIpc) is 3.20. The van der Waals surface area contributed by atoms with Crippen molar-refractivity contribution < 1.29 is 18.4 Å². The van der Waals surface area contributed by atoms with Crippen LogP contribution in [0.4, 0.5) is 11.4 Å². The molecule has 7 nitrogen and oxygen atoms in total. The third-order valence-electron chi connectivity index (χ3n) is 5.00. The average molecular weight is 390 g/mol. The first kappa shape index (κ1) is 17.5. The van der Waals surface area contributed by atoms with E-state index in [-0.39, 0.29) is 22.4 Å². The smallest absolute Gasteiger partial charge is 0.302 e. The number of anilines is 2. The number of hydrogen-bond acceptors (Lipinski definition) is 6. The third-order valence-corrected chi connectivity index (χ3v) is 5.00. The van der Waals surface area contributed by atoms with Crippen LogP contribution in [-0.2, 0) is 4.74 Å². The van der Waals surface area contributed by atoms with Gasteiger partial charge in [0.05, 0.1) is 18.6 Å². The van der Waals surface area contributed by atoms with Crippen LogP contribution in [-0.4, -0.2) is 32.2 Å². The highest BCUT2D eigenvalue weighted by atomic mass is 16.5. The Hall–Kier alpha value is -3.58. The summed E-state index contributed by atoms with van der Waals surface area (Å²) in [5.74, 6) is -0.381. The van der Waals surface area contributed by atoms with Gasteiger partial charge in [0.2, 0.25) is 5.43 Å². The molecule has 1 amide bonds. The molecule has 29 heavy (non-hydrogen) atoms. The summed E-state index contributed by atoms with van der Waals surface area (Å²) in [5, 5.41) is 3.49. The van der Waals surface area contributed by atoms with Crippen molar-refractivity contribution in [3.63, 3.8) is 0 Å². The van der Waals surface area contributed by atoms with Gasteiger partial charge in [-0.2, -0.15) is 0 Å². The number of ether oxygens (including phenoxy) is 1. The minimum Gasteiger partial charge on any atom is -0.425 e. The number of morpholine rings is 1. The maximum atomic E-state index is 12.6. The van der Waals surface area contributed by atoms with Gasteiger partial charge in [0, 0.05) is 30.5 Å². The second-order valence-electron chi connectivity index (χ2n) is 6.84. The molecule has 0 atom stereocenters. The normalized spacial score (nSPS) is 14.4. The monoisotopic (exact) mass is 390 g/mol. The molecule has 0 radical (unpaired) electrons. The molecule has 146 valence electrons. The van der Waals surface area contributed by atoms with Crippen molar-refractivity contribution in [2.75, 3.05) is 36.5 Å². The van der Waals surface area contributed by atoms with E-state index in [2.05, 4.69) is 10.2 Å². The van der Waals surface area contributed by atoms with Gasteiger partial charge in [0.1, 0.15) is 11.0 Å². The zero-order chi connectivity index (χ0) is 19.8. The molecule has 0 unspecified atom stereocenters. The Kier molecular flexibility index (Phi) is 4.29. The van der Waals surface area contributed by atoms with Crippen LogP contribution in [0.2, 0.25) is 0 Å². The van der Waals surface area contributed by atoms with E-state index in [4.69, 9.17) is 13.6 Å². The Labute approximate surface area is 165 Å². The molecular weight excluding hydrogens is 372 g/mol. The molecule has 7 heteroatoms. The van der Waals surface area contributed by atoms with E-state index in [1.54, 1.807) is 24.3 Å². The summed E-state index contributed by atoms with van der Waals surface area (Å²) in [4.78, 5) is 27.4. The van der Waals surface area contributed by atoms with E-state index in [1.807, 2.05) is 24.3 Å². The predicted octanol–water partition coefficient (Wildman–Crippen LogP) is 3.63. The molecule has 1 N–H and O–H groups in total. The number of benzene rings is 2. The lowest BCUT2D eigenvalue weighted by molar-refractivity contribution is 0.0997. The maximum absolute atomic E-state index is 12.6. The van der Waals surface area contributed by atoms with Gasteiger partial charge in [0.15, 0.2) is 5.76 Å². The van der Waals surface area contributed by atoms with Gasteiger partial charge in [-0.15, -0.1) is 0 Å². The first-order valence-corrected chi connectivity index (χ1v) is 9.38. The highest BCUT2D eigenvalue weighted by molar-refractivity contribution is 6.04. The van der Waals surface area contributed by atoms with Crippen LogP contribution < -0.4 is 15.6 Å². The SMILES string of the molecule is O=C(Nc1ccc(N2CCOCC2)cc1)c1cc2c(=O)c3ccccc3oc2o1. The largest absolute Gasteiger partial charge is 0.425 e. The number of furan rings is 1. The van der Waals surface area contributed by atoms with E-state index < -0.39 is 5.91 Å². The molecule has 1 aliphatic rings. The Balaban J connectivity index is 1.39. The molecule has 4 aromatic rings. The summed E-state index contributed by atoms with van der Waals surface area (Å²) in [5.41, 5.74) is 1.91. The lowest BCUT2D eigenvalue weighted by Gasteiger charge is -2.28. The molecule has 2 aromatic heterocycles. The van der Waals surface area contributed by atoms with Crippen molar-refractivity contribution >= 4 is 39.4 Å². The fraction of sp³-hybridized carbons (Fsp3) is 0.182. The Morgan fingerprint density at radius 2 is 1.69 bits per heavy atom. The Bertz CT molecular complexity index is 1250. The molecule has 0 aliphatic carbocycles. The van der Waals surface area contributed by atoms with Gasteiger partial charge in [-0.25, -0.2) is 0 Å². The number of nitrogens with one attached hydrogen (secondary N) is 1. The highest BCUT2D eigenvalue weighted by Crippen LogP contribution is 2.23. The van der Waals surface area contributed by atoms with Crippen molar-refractivity contribution in [2.45, 2.75) is 0 Å². The molecule has 1 saturated heterocycles. The van der Waals surface area contributed by atoms with E-state index in [0.717, 1.165) is 18.8 Å².